The Bertz CT molecular complexity index is 1090. The Morgan fingerprint density at radius 1 is 1.03 bits per heavy atom. The fraction of sp³-hybridized carbons (Fsp3) is 0.125. The van der Waals surface area contributed by atoms with Gasteiger partial charge in [0.15, 0.2) is 12.6 Å². The highest BCUT2D eigenvalue weighted by molar-refractivity contribution is 6.31. The van der Waals surface area contributed by atoms with Gasteiger partial charge in [0.1, 0.15) is 18.1 Å². The average Bonchev–Trinajstić information content (AvgIpc) is 2.77. The summed E-state index contributed by atoms with van der Waals surface area (Å²) in [7, 11) is 0. The van der Waals surface area contributed by atoms with Crippen LogP contribution in [0.3, 0.4) is 0 Å². The second-order valence-corrected chi connectivity index (χ2v) is 7.58. The van der Waals surface area contributed by atoms with Gasteiger partial charge in [0.05, 0.1) is 12.2 Å². The molecule has 0 unspecified atom stereocenters. The highest BCUT2D eigenvalue weighted by Crippen LogP contribution is 2.33. The Morgan fingerprint density at radius 2 is 1.87 bits per heavy atom. The number of ketones is 1. The van der Waals surface area contributed by atoms with Crippen molar-refractivity contribution in [3.63, 3.8) is 0 Å². The molecule has 0 amide bonds. The van der Waals surface area contributed by atoms with Gasteiger partial charge in [-0.05, 0) is 48.0 Å². The molecule has 152 valence electrons. The SMILES string of the molecule is O=C(C=Cc1cc(Cl)cc2c1OCOC2)c1cc(Cl)ccc1OCc1ccccc1. The number of hydrogen-bond acceptors (Lipinski definition) is 4. The molecule has 4 rings (SSSR count). The summed E-state index contributed by atoms with van der Waals surface area (Å²) in [4.78, 5) is 12.9. The monoisotopic (exact) mass is 440 g/mol. The summed E-state index contributed by atoms with van der Waals surface area (Å²) in [5, 5.41) is 1.00. The van der Waals surface area contributed by atoms with Crippen LogP contribution in [0.15, 0.2) is 66.7 Å². The third kappa shape index (κ3) is 4.85. The van der Waals surface area contributed by atoms with E-state index in [1.807, 2.05) is 30.3 Å². The number of carbonyl (C=O) groups excluding carboxylic acids is 1. The van der Waals surface area contributed by atoms with E-state index in [1.165, 1.54) is 6.08 Å². The fourth-order valence-corrected chi connectivity index (χ4v) is 3.56. The Morgan fingerprint density at radius 3 is 2.70 bits per heavy atom. The summed E-state index contributed by atoms with van der Waals surface area (Å²) in [5.74, 6) is 0.901. The van der Waals surface area contributed by atoms with Gasteiger partial charge in [-0.25, -0.2) is 0 Å². The van der Waals surface area contributed by atoms with E-state index in [-0.39, 0.29) is 12.6 Å². The molecule has 0 aliphatic carbocycles. The van der Waals surface area contributed by atoms with Gasteiger partial charge in [-0.3, -0.25) is 4.79 Å². The minimum atomic E-state index is -0.235. The van der Waals surface area contributed by atoms with E-state index < -0.39 is 0 Å². The molecule has 0 radical (unpaired) electrons. The normalized spacial score (nSPS) is 13.0. The van der Waals surface area contributed by atoms with Crippen LogP contribution in [0.25, 0.3) is 6.08 Å². The van der Waals surface area contributed by atoms with Gasteiger partial charge in [0, 0.05) is 21.2 Å². The van der Waals surface area contributed by atoms with Crippen LogP contribution in [0.4, 0.5) is 0 Å². The second kappa shape index (κ2) is 9.35. The highest BCUT2D eigenvalue weighted by Gasteiger charge is 2.16. The van der Waals surface area contributed by atoms with E-state index in [4.69, 9.17) is 37.4 Å². The summed E-state index contributed by atoms with van der Waals surface area (Å²) in [6, 6.07) is 18.3. The van der Waals surface area contributed by atoms with Crippen LogP contribution >= 0.6 is 23.2 Å². The second-order valence-electron chi connectivity index (χ2n) is 6.71. The minimum Gasteiger partial charge on any atom is -0.488 e. The molecule has 0 fully saturated rings. The molecule has 0 saturated heterocycles. The maximum atomic E-state index is 12.9. The molecule has 6 heteroatoms. The summed E-state index contributed by atoms with van der Waals surface area (Å²) >= 11 is 12.3. The maximum Gasteiger partial charge on any atom is 0.189 e. The molecular weight excluding hydrogens is 423 g/mol. The zero-order valence-corrected chi connectivity index (χ0v) is 17.5. The quantitative estimate of drug-likeness (QED) is 0.331. The molecule has 3 aromatic carbocycles. The lowest BCUT2D eigenvalue weighted by molar-refractivity contribution is -0.0165. The van der Waals surface area contributed by atoms with E-state index in [0.717, 1.165) is 11.1 Å². The number of halogens is 2. The topological polar surface area (TPSA) is 44.8 Å². The van der Waals surface area contributed by atoms with Crippen LogP contribution in [-0.2, 0) is 18.0 Å². The first-order chi connectivity index (χ1) is 14.6. The Kier molecular flexibility index (Phi) is 6.38. The number of ether oxygens (including phenoxy) is 3. The van der Waals surface area contributed by atoms with E-state index >= 15 is 0 Å². The van der Waals surface area contributed by atoms with Crippen molar-refractivity contribution in [2.45, 2.75) is 13.2 Å². The first-order valence-corrected chi connectivity index (χ1v) is 10.1. The molecule has 0 bridgehead atoms. The largest absolute Gasteiger partial charge is 0.488 e. The summed E-state index contributed by atoms with van der Waals surface area (Å²) in [6.07, 6.45) is 3.14. The molecule has 0 saturated carbocycles. The van der Waals surface area contributed by atoms with Crippen LogP contribution in [0.2, 0.25) is 10.0 Å². The van der Waals surface area contributed by atoms with Crippen molar-refractivity contribution in [3.8, 4) is 11.5 Å². The molecule has 4 nitrogen and oxygen atoms in total. The number of fused-ring (bicyclic) bond motifs is 1. The van der Waals surface area contributed by atoms with Crippen LogP contribution < -0.4 is 9.47 Å². The first-order valence-electron chi connectivity index (χ1n) is 9.32. The van der Waals surface area contributed by atoms with Crippen LogP contribution in [-0.4, -0.2) is 12.6 Å². The van der Waals surface area contributed by atoms with Gasteiger partial charge in [-0.15, -0.1) is 0 Å². The first kappa shape index (κ1) is 20.5. The van der Waals surface area contributed by atoms with Gasteiger partial charge in [-0.1, -0.05) is 53.5 Å². The maximum absolute atomic E-state index is 12.9. The lowest BCUT2D eigenvalue weighted by atomic mass is 10.1. The summed E-state index contributed by atoms with van der Waals surface area (Å²) in [5.41, 5.74) is 2.94. The number of rotatable bonds is 6. The predicted octanol–water partition coefficient (Wildman–Crippen LogP) is 6.34. The van der Waals surface area contributed by atoms with E-state index in [2.05, 4.69) is 0 Å². The molecule has 30 heavy (non-hydrogen) atoms. The van der Waals surface area contributed by atoms with Crippen LogP contribution in [0, 0.1) is 0 Å². The lowest BCUT2D eigenvalue weighted by Gasteiger charge is -2.19. The van der Waals surface area contributed by atoms with Gasteiger partial charge in [0.25, 0.3) is 0 Å². The van der Waals surface area contributed by atoms with Crippen molar-refractivity contribution in [1.82, 2.24) is 0 Å². The standard InChI is InChI=1S/C24H18Cl2O4/c25-19-7-9-23(29-13-16-4-2-1-3-5-16)21(12-19)22(27)8-6-17-10-20(26)11-18-14-28-15-30-24(17)18/h1-12H,13-15H2. The molecular formula is C24H18Cl2O4. The Balaban J connectivity index is 1.58. The van der Waals surface area contributed by atoms with Crippen molar-refractivity contribution in [2.24, 2.45) is 0 Å². The smallest absolute Gasteiger partial charge is 0.189 e. The molecule has 3 aromatic rings. The number of carbonyl (C=O) groups is 1. The van der Waals surface area contributed by atoms with Crippen molar-refractivity contribution >= 4 is 35.1 Å². The summed E-state index contributed by atoms with van der Waals surface area (Å²) in [6.45, 7) is 0.924. The zero-order valence-electron chi connectivity index (χ0n) is 15.9. The third-order valence-corrected chi connectivity index (χ3v) is 5.02. The fourth-order valence-electron chi connectivity index (χ4n) is 3.14. The number of benzene rings is 3. The van der Waals surface area contributed by atoms with Gasteiger partial charge >= 0.3 is 0 Å². The van der Waals surface area contributed by atoms with Crippen molar-refractivity contribution in [2.75, 3.05) is 6.79 Å². The third-order valence-electron chi connectivity index (χ3n) is 4.56. The average molecular weight is 441 g/mol. The minimum absolute atomic E-state index is 0.162. The molecule has 0 aromatic heterocycles. The molecule has 0 atom stereocenters. The molecule has 1 heterocycles. The van der Waals surface area contributed by atoms with E-state index in [9.17, 15) is 4.79 Å². The van der Waals surface area contributed by atoms with Gasteiger partial charge in [-0.2, -0.15) is 0 Å². The molecule has 1 aliphatic heterocycles. The number of allylic oxidation sites excluding steroid dienone is 1. The van der Waals surface area contributed by atoms with Crippen molar-refractivity contribution in [3.05, 3.63) is 99.0 Å². The Hall–Kier alpha value is -2.79. The van der Waals surface area contributed by atoms with Crippen LogP contribution in [0.5, 0.6) is 11.5 Å². The van der Waals surface area contributed by atoms with E-state index in [1.54, 1.807) is 36.4 Å². The zero-order chi connectivity index (χ0) is 20.9. The molecule has 0 N–H and O–H groups in total. The van der Waals surface area contributed by atoms with Crippen molar-refractivity contribution in [1.29, 1.82) is 0 Å². The highest BCUT2D eigenvalue weighted by atomic mass is 35.5. The summed E-state index contributed by atoms with van der Waals surface area (Å²) < 4.78 is 16.8. The Labute approximate surface area is 184 Å². The predicted molar refractivity (Wildman–Crippen MR) is 117 cm³/mol. The van der Waals surface area contributed by atoms with Crippen molar-refractivity contribution < 1.29 is 19.0 Å². The van der Waals surface area contributed by atoms with Gasteiger partial charge < -0.3 is 14.2 Å². The lowest BCUT2D eigenvalue weighted by Crippen LogP contribution is -2.12. The van der Waals surface area contributed by atoms with Crippen LogP contribution in [0.1, 0.15) is 27.0 Å². The molecule has 0 spiro atoms. The van der Waals surface area contributed by atoms with E-state index in [0.29, 0.717) is 45.9 Å². The van der Waals surface area contributed by atoms with Gasteiger partial charge in [0.2, 0.25) is 0 Å². The number of hydrogen-bond donors (Lipinski definition) is 0. The molecule has 1 aliphatic rings.